The van der Waals surface area contributed by atoms with Crippen molar-refractivity contribution >= 4 is 39.6 Å². The van der Waals surface area contributed by atoms with Gasteiger partial charge in [-0.1, -0.05) is 0 Å². The zero-order chi connectivity index (χ0) is 13.2. The largest absolute Gasteiger partial charge is 0.378 e. The molecule has 1 aromatic carbocycles. The van der Waals surface area contributed by atoms with Crippen LogP contribution < -0.4 is 5.32 Å². The van der Waals surface area contributed by atoms with Gasteiger partial charge in [0.2, 0.25) is 0 Å². The minimum atomic E-state index is 0.413. The molecule has 1 aliphatic rings. The SMILES string of the molecule is N#Cc1ccc(NC2CCCc3sc(I)cc32)cc1. The fourth-order valence-corrected chi connectivity index (χ4v) is 4.63. The van der Waals surface area contributed by atoms with Gasteiger partial charge in [-0.05, 0) is 77.7 Å². The Kier molecular flexibility index (Phi) is 3.76. The van der Waals surface area contributed by atoms with Crippen LogP contribution in [-0.4, -0.2) is 0 Å². The Balaban J connectivity index is 1.82. The summed E-state index contributed by atoms with van der Waals surface area (Å²) in [5, 5.41) is 12.4. The topological polar surface area (TPSA) is 35.8 Å². The minimum Gasteiger partial charge on any atom is -0.378 e. The Bertz CT molecular complexity index is 625. The van der Waals surface area contributed by atoms with E-state index < -0.39 is 0 Å². The van der Waals surface area contributed by atoms with Crippen molar-refractivity contribution in [2.75, 3.05) is 5.32 Å². The van der Waals surface area contributed by atoms with E-state index in [9.17, 15) is 0 Å². The van der Waals surface area contributed by atoms with Gasteiger partial charge in [-0.3, -0.25) is 0 Å². The highest BCUT2D eigenvalue weighted by molar-refractivity contribution is 14.1. The molecule has 1 aliphatic carbocycles. The fraction of sp³-hybridized carbons (Fsp3) is 0.267. The number of hydrogen-bond donors (Lipinski definition) is 1. The highest BCUT2D eigenvalue weighted by Gasteiger charge is 2.22. The molecule has 1 N–H and O–H groups in total. The van der Waals surface area contributed by atoms with Crippen LogP contribution in [0.2, 0.25) is 0 Å². The standard InChI is InChI=1S/C15H13IN2S/c16-15-8-12-13(2-1-3-14(12)19-15)18-11-6-4-10(9-17)5-7-11/h4-8,13,18H,1-3H2. The number of nitrogens with zero attached hydrogens (tertiary/aromatic N) is 1. The third-order valence-corrected chi connectivity index (χ3v) is 5.41. The maximum Gasteiger partial charge on any atom is 0.0991 e. The van der Waals surface area contributed by atoms with E-state index >= 15 is 0 Å². The number of anilines is 1. The molecule has 0 amide bonds. The van der Waals surface area contributed by atoms with Crippen LogP contribution in [0, 0.1) is 14.2 Å². The third-order valence-electron chi connectivity index (χ3n) is 3.44. The van der Waals surface area contributed by atoms with Crippen molar-refractivity contribution in [2.24, 2.45) is 0 Å². The molecule has 0 saturated carbocycles. The molecule has 1 atom stereocenters. The predicted molar refractivity (Wildman–Crippen MR) is 87.5 cm³/mol. The molecule has 2 aromatic rings. The second kappa shape index (κ2) is 5.51. The molecule has 0 fully saturated rings. The molecule has 19 heavy (non-hydrogen) atoms. The lowest BCUT2D eigenvalue weighted by Crippen LogP contribution is -2.15. The molecule has 0 bridgehead atoms. The monoisotopic (exact) mass is 380 g/mol. The molecular formula is C15H13IN2S. The van der Waals surface area contributed by atoms with Gasteiger partial charge >= 0.3 is 0 Å². The van der Waals surface area contributed by atoms with Gasteiger partial charge < -0.3 is 5.32 Å². The molecule has 4 heteroatoms. The molecule has 2 nitrogen and oxygen atoms in total. The molecule has 0 aliphatic heterocycles. The highest BCUT2D eigenvalue weighted by Crippen LogP contribution is 2.38. The average Bonchev–Trinajstić information content (AvgIpc) is 2.81. The molecule has 1 unspecified atom stereocenters. The Morgan fingerprint density at radius 3 is 2.84 bits per heavy atom. The van der Waals surface area contributed by atoms with Gasteiger partial charge in [-0.15, -0.1) is 11.3 Å². The molecule has 1 heterocycles. The second-order valence-corrected chi connectivity index (χ2v) is 7.74. The van der Waals surface area contributed by atoms with Crippen molar-refractivity contribution in [3.8, 4) is 6.07 Å². The van der Waals surface area contributed by atoms with E-state index in [1.165, 1.54) is 32.6 Å². The van der Waals surface area contributed by atoms with Crippen molar-refractivity contribution in [1.82, 2.24) is 0 Å². The summed E-state index contributed by atoms with van der Waals surface area (Å²) in [5.41, 5.74) is 3.27. The lowest BCUT2D eigenvalue weighted by molar-refractivity contribution is 0.609. The van der Waals surface area contributed by atoms with Gasteiger partial charge in [0, 0.05) is 10.6 Å². The number of thiophene rings is 1. The summed E-state index contributed by atoms with van der Waals surface area (Å²) < 4.78 is 1.37. The second-order valence-electron chi connectivity index (χ2n) is 4.71. The first-order chi connectivity index (χ1) is 9.26. The maximum absolute atomic E-state index is 8.81. The highest BCUT2D eigenvalue weighted by atomic mass is 127. The van der Waals surface area contributed by atoms with Gasteiger partial charge in [0.15, 0.2) is 0 Å². The molecule has 0 spiro atoms. The third kappa shape index (κ3) is 2.77. The lowest BCUT2D eigenvalue weighted by Gasteiger charge is -2.24. The number of benzene rings is 1. The Morgan fingerprint density at radius 2 is 2.11 bits per heavy atom. The number of hydrogen-bond acceptors (Lipinski definition) is 3. The van der Waals surface area contributed by atoms with E-state index in [1.54, 1.807) is 0 Å². The number of nitriles is 1. The van der Waals surface area contributed by atoms with Crippen LogP contribution in [0.3, 0.4) is 0 Å². The first-order valence-electron chi connectivity index (χ1n) is 6.31. The fourth-order valence-electron chi connectivity index (χ4n) is 2.51. The van der Waals surface area contributed by atoms with E-state index in [4.69, 9.17) is 5.26 Å². The number of fused-ring (bicyclic) bond motifs is 1. The normalized spacial score (nSPS) is 17.6. The van der Waals surface area contributed by atoms with E-state index in [-0.39, 0.29) is 0 Å². The summed E-state index contributed by atoms with van der Waals surface area (Å²) >= 11 is 4.32. The van der Waals surface area contributed by atoms with Crippen LogP contribution in [0.1, 0.15) is 34.9 Å². The van der Waals surface area contributed by atoms with Crippen molar-refractivity contribution in [3.63, 3.8) is 0 Å². The molecule has 1 aromatic heterocycles. The van der Waals surface area contributed by atoms with E-state index in [1.807, 2.05) is 35.6 Å². The van der Waals surface area contributed by atoms with Crippen molar-refractivity contribution < 1.29 is 0 Å². The van der Waals surface area contributed by atoms with E-state index in [0.29, 0.717) is 11.6 Å². The van der Waals surface area contributed by atoms with Gasteiger partial charge in [0.05, 0.1) is 20.6 Å². The Morgan fingerprint density at radius 1 is 1.32 bits per heavy atom. The lowest BCUT2D eigenvalue weighted by atomic mass is 9.94. The molecule has 3 rings (SSSR count). The number of nitrogens with one attached hydrogen (secondary N) is 1. The average molecular weight is 380 g/mol. The summed E-state index contributed by atoms with van der Waals surface area (Å²) in [5.74, 6) is 0. The zero-order valence-electron chi connectivity index (χ0n) is 10.3. The van der Waals surface area contributed by atoms with Gasteiger partial charge in [0.25, 0.3) is 0 Å². The first kappa shape index (κ1) is 12.9. The van der Waals surface area contributed by atoms with Crippen LogP contribution in [0.4, 0.5) is 5.69 Å². The summed E-state index contributed by atoms with van der Waals surface area (Å²) in [6.45, 7) is 0. The smallest absolute Gasteiger partial charge is 0.0991 e. The van der Waals surface area contributed by atoms with Gasteiger partial charge in [-0.2, -0.15) is 5.26 Å². The molecule has 96 valence electrons. The van der Waals surface area contributed by atoms with Crippen LogP contribution in [0.5, 0.6) is 0 Å². The maximum atomic E-state index is 8.81. The quantitative estimate of drug-likeness (QED) is 0.766. The Hall–Kier alpha value is -1.06. The first-order valence-corrected chi connectivity index (χ1v) is 8.20. The summed E-state index contributed by atoms with van der Waals surface area (Å²) in [6.07, 6.45) is 3.64. The van der Waals surface area contributed by atoms with Crippen molar-refractivity contribution in [3.05, 3.63) is 49.2 Å². The predicted octanol–water partition coefficient (Wildman–Crippen LogP) is 4.71. The number of aryl methyl sites for hydroxylation is 1. The zero-order valence-corrected chi connectivity index (χ0v) is 13.3. The summed E-state index contributed by atoms with van der Waals surface area (Å²) in [4.78, 5) is 1.53. The van der Waals surface area contributed by atoms with Gasteiger partial charge in [0.1, 0.15) is 0 Å². The van der Waals surface area contributed by atoms with Crippen LogP contribution in [-0.2, 0) is 6.42 Å². The van der Waals surface area contributed by atoms with Crippen LogP contribution >= 0.6 is 33.9 Å². The summed E-state index contributed by atoms with van der Waals surface area (Å²) in [6, 6.07) is 12.6. The minimum absolute atomic E-state index is 0.413. The van der Waals surface area contributed by atoms with Gasteiger partial charge in [-0.25, -0.2) is 0 Å². The summed E-state index contributed by atoms with van der Waals surface area (Å²) in [7, 11) is 0. The van der Waals surface area contributed by atoms with Crippen molar-refractivity contribution in [2.45, 2.75) is 25.3 Å². The van der Waals surface area contributed by atoms with Crippen LogP contribution in [0.25, 0.3) is 0 Å². The van der Waals surface area contributed by atoms with E-state index in [2.05, 4.69) is 40.0 Å². The molecular weight excluding hydrogens is 367 g/mol. The van der Waals surface area contributed by atoms with Crippen LogP contribution in [0.15, 0.2) is 30.3 Å². The van der Waals surface area contributed by atoms with Crippen molar-refractivity contribution in [1.29, 1.82) is 5.26 Å². The Labute approximate surface area is 130 Å². The number of halogens is 1. The molecule has 0 radical (unpaired) electrons. The molecule has 0 saturated heterocycles. The van der Waals surface area contributed by atoms with E-state index in [0.717, 1.165) is 5.69 Å². The number of rotatable bonds is 2.